The Kier molecular flexibility index (Phi) is 6.46. The highest BCUT2D eigenvalue weighted by Crippen LogP contribution is 2.27. The van der Waals surface area contributed by atoms with Crippen molar-refractivity contribution in [1.82, 2.24) is 9.55 Å². The van der Waals surface area contributed by atoms with E-state index in [0.717, 1.165) is 0 Å². The molecule has 8 nitrogen and oxygen atoms in total. The van der Waals surface area contributed by atoms with E-state index in [0.29, 0.717) is 33.8 Å². The molecule has 8 heteroatoms. The number of aryl methyl sites for hydroxylation is 1. The standard InChI is InChI=1S/C22H22N2O6/c1-24-20(23-16-7-5-4-6-15(16)22(24)27)10-11-21(26)30-13-17(25)14-8-9-18(28-2)19(12-14)29-3/h4-9,12H,10-11,13H2,1-3H3. The minimum atomic E-state index is -0.550. The summed E-state index contributed by atoms with van der Waals surface area (Å²) in [4.78, 5) is 41.3. The Bertz CT molecular complexity index is 1150. The Morgan fingerprint density at radius 3 is 2.50 bits per heavy atom. The quantitative estimate of drug-likeness (QED) is 0.415. The third-order valence-electron chi connectivity index (χ3n) is 4.70. The molecule has 30 heavy (non-hydrogen) atoms. The van der Waals surface area contributed by atoms with Crippen molar-refractivity contribution in [3.05, 3.63) is 64.2 Å². The Morgan fingerprint density at radius 2 is 1.77 bits per heavy atom. The molecule has 0 radical (unpaired) electrons. The second-order valence-electron chi connectivity index (χ2n) is 6.56. The predicted molar refractivity (Wildman–Crippen MR) is 110 cm³/mol. The molecule has 0 atom stereocenters. The molecule has 0 fully saturated rings. The first-order valence-electron chi connectivity index (χ1n) is 9.30. The van der Waals surface area contributed by atoms with Crippen LogP contribution in [0.15, 0.2) is 47.3 Å². The van der Waals surface area contributed by atoms with Crippen LogP contribution in [0, 0.1) is 0 Å². The van der Waals surface area contributed by atoms with E-state index >= 15 is 0 Å². The highest BCUT2D eigenvalue weighted by atomic mass is 16.5. The number of ether oxygens (including phenoxy) is 3. The maximum Gasteiger partial charge on any atom is 0.306 e. The molecule has 156 valence electrons. The number of carbonyl (C=O) groups excluding carboxylic acids is 2. The molecule has 0 bridgehead atoms. The normalized spacial score (nSPS) is 10.6. The number of benzene rings is 2. The fraction of sp³-hybridized carbons (Fsp3) is 0.273. The maximum atomic E-state index is 12.4. The highest BCUT2D eigenvalue weighted by Gasteiger charge is 2.15. The zero-order chi connectivity index (χ0) is 21.7. The number of hydrogen-bond acceptors (Lipinski definition) is 7. The lowest BCUT2D eigenvalue weighted by molar-refractivity contribution is -0.142. The van der Waals surface area contributed by atoms with Gasteiger partial charge in [0.2, 0.25) is 0 Å². The van der Waals surface area contributed by atoms with Gasteiger partial charge in [-0.25, -0.2) is 4.98 Å². The van der Waals surface area contributed by atoms with Crippen molar-refractivity contribution in [2.24, 2.45) is 7.05 Å². The van der Waals surface area contributed by atoms with Crippen LogP contribution in [0.1, 0.15) is 22.6 Å². The van der Waals surface area contributed by atoms with Gasteiger partial charge in [0.1, 0.15) is 5.82 Å². The van der Waals surface area contributed by atoms with E-state index in [-0.39, 0.29) is 24.2 Å². The van der Waals surface area contributed by atoms with E-state index in [1.165, 1.54) is 24.9 Å². The van der Waals surface area contributed by atoms with Crippen molar-refractivity contribution in [2.75, 3.05) is 20.8 Å². The molecule has 3 aromatic rings. The van der Waals surface area contributed by atoms with Crippen LogP contribution in [-0.2, 0) is 23.0 Å². The maximum absolute atomic E-state index is 12.4. The number of aromatic nitrogens is 2. The number of hydrogen-bond donors (Lipinski definition) is 0. The van der Waals surface area contributed by atoms with Crippen LogP contribution in [0.5, 0.6) is 11.5 Å². The lowest BCUT2D eigenvalue weighted by Crippen LogP contribution is -2.23. The first-order valence-corrected chi connectivity index (χ1v) is 9.30. The smallest absolute Gasteiger partial charge is 0.306 e. The number of ketones is 1. The van der Waals surface area contributed by atoms with Crippen LogP contribution in [0.2, 0.25) is 0 Å². The molecule has 0 saturated heterocycles. The third kappa shape index (κ3) is 4.48. The summed E-state index contributed by atoms with van der Waals surface area (Å²) < 4.78 is 16.8. The molecule has 0 aliphatic rings. The summed E-state index contributed by atoms with van der Waals surface area (Å²) in [6, 6.07) is 11.8. The van der Waals surface area contributed by atoms with E-state index in [9.17, 15) is 14.4 Å². The summed E-state index contributed by atoms with van der Waals surface area (Å²) in [5.74, 6) is 0.478. The zero-order valence-electron chi connectivity index (χ0n) is 17.0. The summed E-state index contributed by atoms with van der Waals surface area (Å²) in [7, 11) is 4.59. The van der Waals surface area contributed by atoms with Crippen molar-refractivity contribution in [3.8, 4) is 11.5 Å². The van der Waals surface area contributed by atoms with Gasteiger partial charge in [-0.15, -0.1) is 0 Å². The van der Waals surface area contributed by atoms with Crippen LogP contribution in [0.25, 0.3) is 10.9 Å². The molecule has 0 aliphatic carbocycles. The number of Topliss-reactive ketones (excluding diaryl/α,β-unsaturated/α-hetero) is 1. The van der Waals surface area contributed by atoms with Crippen LogP contribution in [0.4, 0.5) is 0 Å². The molecule has 0 aliphatic heterocycles. The number of para-hydroxylation sites is 1. The third-order valence-corrected chi connectivity index (χ3v) is 4.70. The van der Waals surface area contributed by atoms with E-state index < -0.39 is 12.6 Å². The van der Waals surface area contributed by atoms with Crippen LogP contribution in [-0.4, -0.2) is 42.1 Å². The molecule has 0 spiro atoms. The minimum Gasteiger partial charge on any atom is -0.493 e. The van der Waals surface area contributed by atoms with Crippen LogP contribution < -0.4 is 15.0 Å². The van der Waals surface area contributed by atoms with Gasteiger partial charge in [-0.2, -0.15) is 0 Å². The molecule has 0 saturated carbocycles. The average Bonchev–Trinajstić information content (AvgIpc) is 2.78. The van der Waals surface area contributed by atoms with Gasteiger partial charge in [0.05, 0.1) is 31.5 Å². The average molecular weight is 410 g/mol. The van der Waals surface area contributed by atoms with Crippen molar-refractivity contribution in [3.63, 3.8) is 0 Å². The van der Waals surface area contributed by atoms with Crippen molar-refractivity contribution in [1.29, 1.82) is 0 Å². The summed E-state index contributed by atoms with van der Waals surface area (Å²) in [6.07, 6.45) is 0.220. The number of fused-ring (bicyclic) bond motifs is 1. The lowest BCUT2D eigenvalue weighted by Gasteiger charge is -2.10. The summed E-state index contributed by atoms with van der Waals surface area (Å²) in [5.41, 5.74) is 0.749. The van der Waals surface area contributed by atoms with Gasteiger partial charge in [-0.1, -0.05) is 12.1 Å². The van der Waals surface area contributed by atoms with Crippen molar-refractivity contribution in [2.45, 2.75) is 12.8 Å². The van der Waals surface area contributed by atoms with Crippen molar-refractivity contribution < 1.29 is 23.8 Å². The molecule has 1 heterocycles. The first kappa shape index (κ1) is 21.0. The second kappa shape index (κ2) is 9.21. The van der Waals surface area contributed by atoms with Gasteiger partial charge in [-0.3, -0.25) is 19.0 Å². The molecule has 0 amide bonds. The SMILES string of the molecule is COc1ccc(C(=O)COC(=O)CCc2nc3ccccc3c(=O)n2C)cc1OC. The van der Waals surface area contributed by atoms with Gasteiger partial charge in [0.15, 0.2) is 23.9 Å². The summed E-state index contributed by atoms with van der Waals surface area (Å²) >= 11 is 0. The van der Waals surface area contributed by atoms with Gasteiger partial charge in [-0.05, 0) is 30.3 Å². The summed E-state index contributed by atoms with van der Waals surface area (Å²) in [6.45, 7) is -0.390. The molecule has 2 aromatic carbocycles. The fourth-order valence-electron chi connectivity index (χ4n) is 3.01. The lowest BCUT2D eigenvalue weighted by atomic mass is 10.1. The molecule has 1 aromatic heterocycles. The zero-order valence-corrected chi connectivity index (χ0v) is 17.0. The number of rotatable bonds is 8. The minimum absolute atomic E-state index is 0.00215. The predicted octanol–water partition coefficient (Wildman–Crippen LogP) is 2.31. The number of esters is 1. The molecule has 0 N–H and O–H groups in total. The highest BCUT2D eigenvalue weighted by molar-refractivity contribution is 5.98. The molecule has 0 unspecified atom stereocenters. The van der Waals surface area contributed by atoms with E-state index in [1.807, 2.05) is 0 Å². The Morgan fingerprint density at radius 1 is 1.03 bits per heavy atom. The number of methoxy groups -OCH3 is 2. The van der Waals surface area contributed by atoms with Gasteiger partial charge >= 0.3 is 5.97 Å². The Labute approximate surface area is 173 Å². The Hall–Kier alpha value is -3.68. The molecular formula is C22H22N2O6. The topological polar surface area (TPSA) is 96.7 Å². The van der Waals surface area contributed by atoms with Crippen molar-refractivity contribution >= 4 is 22.7 Å². The number of carbonyl (C=O) groups is 2. The van der Waals surface area contributed by atoms with Gasteiger partial charge < -0.3 is 14.2 Å². The van der Waals surface area contributed by atoms with Crippen LogP contribution >= 0.6 is 0 Å². The summed E-state index contributed by atoms with van der Waals surface area (Å²) in [5, 5.41) is 0.520. The van der Waals surface area contributed by atoms with E-state index in [2.05, 4.69) is 4.98 Å². The largest absolute Gasteiger partial charge is 0.493 e. The fourth-order valence-corrected chi connectivity index (χ4v) is 3.01. The van der Waals surface area contributed by atoms with Gasteiger partial charge in [0.25, 0.3) is 5.56 Å². The Balaban J connectivity index is 1.60. The first-order chi connectivity index (χ1) is 14.4. The second-order valence-corrected chi connectivity index (χ2v) is 6.56. The van der Waals surface area contributed by atoms with Crippen LogP contribution in [0.3, 0.4) is 0 Å². The monoisotopic (exact) mass is 410 g/mol. The van der Waals surface area contributed by atoms with Gasteiger partial charge in [0, 0.05) is 19.0 Å². The van der Waals surface area contributed by atoms with E-state index in [4.69, 9.17) is 14.2 Å². The van der Waals surface area contributed by atoms with E-state index in [1.54, 1.807) is 43.4 Å². The number of nitrogens with zero attached hydrogens (tertiary/aromatic N) is 2. The molecule has 3 rings (SSSR count). The molecular weight excluding hydrogens is 388 g/mol.